The fourth-order valence-corrected chi connectivity index (χ4v) is 2.14. The number of hydrogen-bond acceptors (Lipinski definition) is 5. The van der Waals surface area contributed by atoms with E-state index in [2.05, 4.69) is 20.6 Å². The molecule has 1 saturated heterocycles. The molecule has 18 heavy (non-hydrogen) atoms. The van der Waals surface area contributed by atoms with Crippen molar-refractivity contribution in [1.82, 2.24) is 9.88 Å². The Labute approximate surface area is 104 Å². The van der Waals surface area contributed by atoms with E-state index in [4.69, 9.17) is 5.84 Å². The summed E-state index contributed by atoms with van der Waals surface area (Å²) >= 11 is 0. The van der Waals surface area contributed by atoms with E-state index in [0.29, 0.717) is 12.6 Å². The lowest BCUT2D eigenvalue weighted by atomic mass is 10.2. The lowest BCUT2D eigenvalue weighted by molar-refractivity contribution is 0.322. The Hall–Kier alpha value is -1.47. The molecule has 1 atom stereocenters. The highest BCUT2D eigenvalue weighted by Gasteiger charge is 2.21. The molecule has 1 fully saturated rings. The number of halogens is 2. The van der Waals surface area contributed by atoms with Crippen LogP contribution in [0.1, 0.15) is 12.8 Å². The molecule has 100 valence electrons. The van der Waals surface area contributed by atoms with Crippen LogP contribution < -0.4 is 16.6 Å². The summed E-state index contributed by atoms with van der Waals surface area (Å²) in [5.74, 6) is 3.43. The molecule has 7 heteroatoms. The van der Waals surface area contributed by atoms with E-state index >= 15 is 0 Å². The zero-order valence-corrected chi connectivity index (χ0v) is 10.2. The summed E-state index contributed by atoms with van der Waals surface area (Å²) in [6.45, 7) is 1.62. The lowest BCUT2D eigenvalue weighted by Crippen LogP contribution is -2.32. The molecular formula is C11H17F2N5. The molecule has 1 unspecified atom stereocenters. The first-order valence-corrected chi connectivity index (χ1v) is 5.88. The normalized spacial score (nSPS) is 20.1. The van der Waals surface area contributed by atoms with Gasteiger partial charge in [-0.25, -0.2) is 19.6 Å². The Kier molecular flexibility index (Phi) is 3.93. The molecule has 1 aromatic heterocycles. The summed E-state index contributed by atoms with van der Waals surface area (Å²) in [6.07, 6.45) is 2.20. The van der Waals surface area contributed by atoms with Gasteiger partial charge in [0.05, 0.1) is 0 Å². The van der Waals surface area contributed by atoms with Crippen LogP contribution in [0.5, 0.6) is 0 Å². The molecule has 0 saturated carbocycles. The van der Waals surface area contributed by atoms with Crippen molar-refractivity contribution in [1.29, 1.82) is 0 Å². The van der Waals surface area contributed by atoms with Gasteiger partial charge in [0.15, 0.2) is 23.3 Å². The molecule has 0 bridgehead atoms. The Bertz CT molecular complexity index is 426. The molecule has 0 aromatic carbocycles. The van der Waals surface area contributed by atoms with Crippen LogP contribution in [0, 0.1) is 11.6 Å². The topological polar surface area (TPSA) is 66.2 Å². The number of pyridine rings is 1. The molecule has 0 amide bonds. The number of nitrogens with two attached hydrogens (primary N) is 1. The zero-order chi connectivity index (χ0) is 13.1. The predicted molar refractivity (Wildman–Crippen MR) is 66.1 cm³/mol. The summed E-state index contributed by atoms with van der Waals surface area (Å²) in [4.78, 5) is 5.97. The average Bonchev–Trinajstić information content (AvgIpc) is 2.74. The largest absolute Gasteiger partial charge is 0.366 e. The van der Waals surface area contributed by atoms with Gasteiger partial charge in [0.1, 0.15) is 0 Å². The van der Waals surface area contributed by atoms with Crippen LogP contribution in [0.25, 0.3) is 0 Å². The monoisotopic (exact) mass is 257 g/mol. The number of nitrogens with zero attached hydrogens (tertiary/aromatic N) is 2. The second-order valence-electron chi connectivity index (χ2n) is 4.45. The first-order chi connectivity index (χ1) is 8.61. The number of hydrogen-bond donors (Lipinski definition) is 3. The number of rotatable bonds is 4. The number of nitrogens with one attached hydrogen (secondary N) is 2. The molecule has 0 radical (unpaired) electrons. The predicted octanol–water partition coefficient (Wildman–Crippen LogP) is 1.15. The minimum Gasteiger partial charge on any atom is -0.366 e. The van der Waals surface area contributed by atoms with Crippen molar-refractivity contribution in [3.05, 3.63) is 17.7 Å². The average molecular weight is 257 g/mol. The van der Waals surface area contributed by atoms with Crippen LogP contribution in [-0.2, 0) is 0 Å². The number of anilines is 2. The minimum atomic E-state index is -0.807. The summed E-state index contributed by atoms with van der Waals surface area (Å²) in [5, 5.41) is 2.90. The van der Waals surface area contributed by atoms with Gasteiger partial charge in [-0.15, -0.1) is 0 Å². The quantitative estimate of drug-likeness (QED) is 0.558. The van der Waals surface area contributed by atoms with E-state index in [0.717, 1.165) is 25.5 Å². The first kappa shape index (κ1) is 13.0. The molecule has 2 rings (SSSR count). The van der Waals surface area contributed by atoms with Crippen LogP contribution in [-0.4, -0.2) is 36.1 Å². The highest BCUT2D eigenvalue weighted by Crippen LogP contribution is 2.20. The molecule has 5 nitrogen and oxygen atoms in total. The second kappa shape index (κ2) is 5.45. The summed E-state index contributed by atoms with van der Waals surface area (Å²) < 4.78 is 26.6. The van der Waals surface area contributed by atoms with Crippen molar-refractivity contribution in [2.45, 2.75) is 18.9 Å². The second-order valence-corrected chi connectivity index (χ2v) is 4.45. The highest BCUT2D eigenvalue weighted by atomic mass is 19.1. The molecule has 4 N–H and O–H groups in total. The summed E-state index contributed by atoms with van der Waals surface area (Å²) in [7, 11) is 2.03. The molecule has 2 heterocycles. The van der Waals surface area contributed by atoms with Crippen LogP contribution in [0.3, 0.4) is 0 Å². The Morgan fingerprint density at radius 1 is 1.44 bits per heavy atom. The van der Waals surface area contributed by atoms with Crippen molar-refractivity contribution < 1.29 is 8.78 Å². The smallest absolute Gasteiger partial charge is 0.178 e. The van der Waals surface area contributed by atoms with E-state index < -0.39 is 11.6 Å². The van der Waals surface area contributed by atoms with Crippen molar-refractivity contribution in [3.8, 4) is 0 Å². The van der Waals surface area contributed by atoms with E-state index in [-0.39, 0.29) is 11.6 Å². The summed E-state index contributed by atoms with van der Waals surface area (Å²) in [5.41, 5.74) is 2.10. The van der Waals surface area contributed by atoms with Gasteiger partial charge in [-0.1, -0.05) is 0 Å². The van der Waals surface area contributed by atoms with Crippen molar-refractivity contribution in [2.75, 3.05) is 30.9 Å². The van der Waals surface area contributed by atoms with E-state index in [1.807, 2.05) is 7.05 Å². The highest BCUT2D eigenvalue weighted by molar-refractivity contribution is 5.46. The van der Waals surface area contributed by atoms with Gasteiger partial charge in [0, 0.05) is 18.7 Å². The Morgan fingerprint density at radius 3 is 2.78 bits per heavy atom. The van der Waals surface area contributed by atoms with Gasteiger partial charge in [-0.3, -0.25) is 0 Å². The van der Waals surface area contributed by atoms with Gasteiger partial charge < -0.3 is 15.6 Å². The zero-order valence-electron chi connectivity index (χ0n) is 10.2. The van der Waals surface area contributed by atoms with Gasteiger partial charge in [-0.2, -0.15) is 0 Å². The van der Waals surface area contributed by atoms with E-state index in [9.17, 15) is 8.78 Å². The fraction of sp³-hybridized carbons (Fsp3) is 0.545. The number of likely N-dealkylation sites (tertiary alicyclic amines) is 1. The number of nitrogen functional groups attached to an aromatic ring is 1. The number of hydrazine groups is 1. The van der Waals surface area contributed by atoms with Gasteiger partial charge in [0.25, 0.3) is 0 Å². The van der Waals surface area contributed by atoms with E-state index in [1.165, 1.54) is 0 Å². The third-order valence-electron chi connectivity index (χ3n) is 3.24. The third-order valence-corrected chi connectivity index (χ3v) is 3.24. The molecule has 1 aliphatic heterocycles. The van der Waals surface area contributed by atoms with Crippen LogP contribution in [0.4, 0.5) is 20.4 Å². The van der Waals surface area contributed by atoms with E-state index in [1.54, 1.807) is 0 Å². The Balaban J connectivity index is 2.04. The molecule has 0 spiro atoms. The maximum atomic E-state index is 13.5. The molecule has 0 aliphatic carbocycles. The van der Waals surface area contributed by atoms with Gasteiger partial charge in [0.2, 0.25) is 0 Å². The first-order valence-electron chi connectivity index (χ1n) is 5.88. The van der Waals surface area contributed by atoms with Gasteiger partial charge in [-0.05, 0) is 26.4 Å². The molecule has 1 aliphatic rings. The van der Waals surface area contributed by atoms with Crippen LogP contribution >= 0.6 is 0 Å². The molecular weight excluding hydrogens is 240 g/mol. The number of aromatic nitrogens is 1. The van der Waals surface area contributed by atoms with Crippen LogP contribution in [0.15, 0.2) is 6.07 Å². The van der Waals surface area contributed by atoms with Crippen molar-refractivity contribution >= 4 is 11.6 Å². The fourth-order valence-electron chi connectivity index (χ4n) is 2.14. The lowest BCUT2D eigenvalue weighted by Gasteiger charge is -2.20. The minimum absolute atomic E-state index is 0.0182. The SMILES string of the molecule is CN1CCCC1CNc1nc(NN)c(F)cc1F. The maximum Gasteiger partial charge on any atom is 0.178 e. The third kappa shape index (κ3) is 2.68. The standard InChI is InChI=1S/C11H17F2N5/c1-18-4-2-3-7(18)6-15-10-8(12)5-9(13)11(16-10)17-14/h5,7H,2-4,6,14H2,1H3,(H2,15,16,17). The van der Waals surface area contributed by atoms with Crippen molar-refractivity contribution in [2.24, 2.45) is 5.84 Å². The number of likely N-dealkylation sites (N-methyl/N-ethyl adjacent to an activating group) is 1. The van der Waals surface area contributed by atoms with Crippen LogP contribution in [0.2, 0.25) is 0 Å². The Morgan fingerprint density at radius 2 is 2.17 bits per heavy atom. The van der Waals surface area contributed by atoms with Gasteiger partial charge >= 0.3 is 0 Å². The maximum absolute atomic E-state index is 13.5. The van der Waals surface area contributed by atoms with Crippen molar-refractivity contribution in [3.63, 3.8) is 0 Å². The molecule has 1 aromatic rings. The summed E-state index contributed by atoms with van der Waals surface area (Å²) in [6, 6.07) is 1.12.